The molecule has 1 heterocycles. The highest BCUT2D eigenvalue weighted by molar-refractivity contribution is 5.73. The van der Waals surface area contributed by atoms with Crippen molar-refractivity contribution in [2.24, 2.45) is 0 Å². The average molecular weight is 261 g/mol. The summed E-state index contributed by atoms with van der Waals surface area (Å²) < 4.78 is 0. The Morgan fingerprint density at radius 1 is 1.26 bits per heavy atom. The molecule has 0 aromatic heterocycles. The van der Waals surface area contributed by atoms with Crippen molar-refractivity contribution < 1.29 is 9.90 Å². The molecule has 0 spiro atoms. The van der Waals surface area contributed by atoms with Gasteiger partial charge in [-0.15, -0.1) is 0 Å². The van der Waals surface area contributed by atoms with Gasteiger partial charge in [-0.25, -0.2) is 0 Å². The summed E-state index contributed by atoms with van der Waals surface area (Å²) in [5.41, 5.74) is 2.65. The topological polar surface area (TPSA) is 40.5 Å². The zero-order valence-electron chi connectivity index (χ0n) is 11.6. The molecule has 3 nitrogen and oxygen atoms in total. The van der Waals surface area contributed by atoms with Crippen LogP contribution in [-0.2, 0) is 17.6 Å². The lowest BCUT2D eigenvalue weighted by molar-refractivity contribution is -0.144. The maximum Gasteiger partial charge on any atom is 0.320 e. The lowest BCUT2D eigenvalue weighted by Crippen LogP contribution is -2.45. The average Bonchev–Trinajstić information content (AvgIpc) is 2.46. The highest BCUT2D eigenvalue weighted by Crippen LogP contribution is 2.18. The van der Waals surface area contributed by atoms with E-state index in [1.165, 1.54) is 11.1 Å². The lowest BCUT2D eigenvalue weighted by atomic mass is 10.0. The number of aliphatic carboxylic acids is 1. The van der Waals surface area contributed by atoms with Crippen LogP contribution in [0.1, 0.15) is 37.3 Å². The first-order valence-corrected chi connectivity index (χ1v) is 7.25. The van der Waals surface area contributed by atoms with Crippen molar-refractivity contribution in [2.75, 3.05) is 13.1 Å². The number of carboxylic acid groups (broad SMARTS) is 1. The summed E-state index contributed by atoms with van der Waals surface area (Å²) >= 11 is 0. The van der Waals surface area contributed by atoms with Crippen molar-refractivity contribution in [2.45, 2.75) is 45.1 Å². The molecule has 104 valence electrons. The minimum absolute atomic E-state index is 0.274. The molecule has 1 saturated heterocycles. The number of benzene rings is 1. The third-order valence-corrected chi connectivity index (χ3v) is 4.02. The lowest BCUT2D eigenvalue weighted by Gasteiger charge is -2.32. The van der Waals surface area contributed by atoms with Crippen LogP contribution in [0.3, 0.4) is 0 Å². The molecule has 0 amide bonds. The predicted octanol–water partition coefficient (Wildman–Crippen LogP) is 2.73. The predicted molar refractivity (Wildman–Crippen MR) is 76.4 cm³/mol. The first kappa shape index (κ1) is 14.1. The molecule has 0 aliphatic carbocycles. The monoisotopic (exact) mass is 261 g/mol. The molecule has 1 atom stereocenters. The maximum absolute atomic E-state index is 11.2. The fraction of sp³-hybridized carbons (Fsp3) is 0.562. The van der Waals surface area contributed by atoms with Gasteiger partial charge in [0, 0.05) is 6.54 Å². The molecule has 1 aliphatic heterocycles. The maximum atomic E-state index is 11.2. The second-order valence-corrected chi connectivity index (χ2v) is 5.31. The molecule has 1 aromatic carbocycles. The molecule has 0 radical (unpaired) electrons. The number of hydrogen-bond acceptors (Lipinski definition) is 2. The molecule has 0 bridgehead atoms. The largest absolute Gasteiger partial charge is 0.480 e. The molecular weight excluding hydrogens is 238 g/mol. The van der Waals surface area contributed by atoms with E-state index >= 15 is 0 Å². The van der Waals surface area contributed by atoms with Crippen LogP contribution >= 0.6 is 0 Å². The van der Waals surface area contributed by atoms with Crippen molar-refractivity contribution in [3.05, 3.63) is 35.4 Å². The highest BCUT2D eigenvalue weighted by atomic mass is 16.4. The Balaban J connectivity index is 1.90. The van der Waals surface area contributed by atoms with Gasteiger partial charge in [-0.3, -0.25) is 9.69 Å². The summed E-state index contributed by atoms with van der Waals surface area (Å²) in [5, 5.41) is 9.23. The summed E-state index contributed by atoms with van der Waals surface area (Å²) in [7, 11) is 0. The van der Waals surface area contributed by atoms with Gasteiger partial charge in [0.2, 0.25) is 0 Å². The molecule has 1 aromatic rings. The highest BCUT2D eigenvalue weighted by Gasteiger charge is 2.27. The van der Waals surface area contributed by atoms with Gasteiger partial charge in [-0.1, -0.05) is 37.6 Å². The number of piperidine rings is 1. The molecule has 0 saturated carbocycles. The molecule has 1 unspecified atom stereocenters. The summed E-state index contributed by atoms with van der Waals surface area (Å²) in [5.74, 6) is -0.666. The smallest absolute Gasteiger partial charge is 0.320 e. The van der Waals surface area contributed by atoms with E-state index in [0.717, 1.165) is 45.2 Å². The normalized spacial score (nSPS) is 20.4. The second-order valence-electron chi connectivity index (χ2n) is 5.31. The van der Waals surface area contributed by atoms with Gasteiger partial charge in [0.15, 0.2) is 0 Å². The third-order valence-electron chi connectivity index (χ3n) is 4.02. The van der Waals surface area contributed by atoms with Gasteiger partial charge in [0.25, 0.3) is 0 Å². The fourth-order valence-electron chi connectivity index (χ4n) is 2.75. The number of nitrogens with zero attached hydrogens (tertiary/aromatic N) is 1. The van der Waals surface area contributed by atoms with Gasteiger partial charge < -0.3 is 5.11 Å². The fourth-order valence-corrected chi connectivity index (χ4v) is 2.75. The van der Waals surface area contributed by atoms with E-state index in [4.69, 9.17) is 0 Å². The van der Waals surface area contributed by atoms with Crippen molar-refractivity contribution in [3.63, 3.8) is 0 Å². The number of rotatable bonds is 5. The van der Waals surface area contributed by atoms with Crippen LogP contribution in [-0.4, -0.2) is 35.1 Å². The van der Waals surface area contributed by atoms with E-state index in [1.807, 2.05) is 0 Å². The second kappa shape index (κ2) is 6.71. The number of aryl methyl sites for hydroxylation is 1. The van der Waals surface area contributed by atoms with Gasteiger partial charge >= 0.3 is 5.97 Å². The molecular formula is C16H23NO2. The van der Waals surface area contributed by atoms with Crippen LogP contribution in [0.25, 0.3) is 0 Å². The van der Waals surface area contributed by atoms with E-state index in [1.54, 1.807) is 0 Å². The summed E-state index contributed by atoms with van der Waals surface area (Å²) in [6.07, 6.45) is 4.96. The Bertz CT molecular complexity index is 413. The van der Waals surface area contributed by atoms with Gasteiger partial charge in [0.1, 0.15) is 6.04 Å². The Hall–Kier alpha value is -1.35. The first-order valence-electron chi connectivity index (χ1n) is 7.25. The quantitative estimate of drug-likeness (QED) is 0.886. The SMILES string of the molecule is CCc1ccc(CCN2CCCCC2C(=O)O)cc1. The Kier molecular flexibility index (Phi) is 4.97. The third kappa shape index (κ3) is 3.80. The minimum atomic E-state index is -0.666. The minimum Gasteiger partial charge on any atom is -0.480 e. The number of hydrogen-bond donors (Lipinski definition) is 1. The summed E-state index contributed by atoms with van der Waals surface area (Å²) in [4.78, 5) is 13.3. The van der Waals surface area contributed by atoms with Gasteiger partial charge in [-0.05, 0) is 43.4 Å². The van der Waals surface area contributed by atoms with Crippen molar-refractivity contribution >= 4 is 5.97 Å². The van der Waals surface area contributed by atoms with Crippen LogP contribution in [0.2, 0.25) is 0 Å². The molecule has 1 N–H and O–H groups in total. The van der Waals surface area contributed by atoms with Gasteiger partial charge in [0.05, 0.1) is 0 Å². The first-order chi connectivity index (χ1) is 9.20. The Morgan fingerprint density at radius 2 is 1.95 bits per heavy atom. The van der Waals surface area contributed by atoms with Crippen molar-refractivity contribution in [1.82, 2.24) is 4.90 Å². The van der Waals surface area contributed by atoms with Crippen LogP contribution in [0.5, 0.6) is 0 Å². The van der Waals surface area contributed by atoms with E-state index in [0.29, 0.717) is 0 Å². The number of likely N-dealkylation sites (tertiary alicyclic amines) is 1. The molecule has 3 heteroatoms. The van der Waals surface area contributed by atoms with E-state index < -0.39 is 5.97 Å². The van der Waals surface area contributed by atoms with E-state index in [2.05, 4.69) is 36.1 Å². The van der Waals surface area contributed by atoms with Crippen LogP contribution in [0, 0.1) is 0 Å². The summed E-state index contributed by atoms with van der Waals surface area (Å²) in [6, 6.07) is 8.39. The molecule has 1 fully saturated rings. The number of carbonyl (C=O) groups is 1. The zero-order chi connectivity index (χ0) is 13.7. The van der Waals surface area contributed by atoms with E-state index in [9.17, 15) is 9.90 Å². The van der Waals surface area contributed by atoms with Crippen LogP contribution in [0.4, 0.5) is 0 Å². The van der Waals surface area contributed by atoms with Gasteiger partial charge in [-0.2, -0.15) is 0 Å². The Labute approximate surface area is 115 Å². The summed E-state index contributed by atoms with van der Waals surface area (Å²) in [6.45, 7) is 3.92. The van der Waals surface area contributed by atoms with Crippen LogP contribution < -0.4 is 0 Å². The molecule has 19 heavy (non-hydrogen) atoms. The molecule has 1 aliphatic rings. The number of carboxylic acids is 1. The van der Waals surface area contributed by atoms with Crippen LogP contribution in [0.15, 0.2) is 24.3 Å². The van der Waals surface area contributed by atoms with E-state index in [-0.39, 0.29) is 6.04 Å². The molecule has 2 rings (SSSR count). The van der Waals surface area contributed by atoms with Crippen molar-refractivity contribution in [3.8, 4) is 0 Å². The standard InChI is InChI=1S/C16H23NO2/c1-2-13-6-8-14(9-7-13)10-12-17-11-4-3-5-15(17)16(18)19/h6-9,15H,2-5,10-12H2,1H3,(H,18,19). The van der Waals surface area contributed by atoms with Crippen molar-refractivity contribution in [1.29, 1.82) is 0 Å². The zero-order valence-corrected chi connectivity index (χ0v) is 11.6. The Morgan fingerprint density at radius 3 is 2.58 bits per heavy atom.